The third-order valence-electron chi connectivity index (χ3n) is 15.4. The third-order valence-corrected chi connectivity index (χ3v) is 16.7. The number of allylic oxidation sites excluding steroid dienone is 5. The number of aliphatic carboxylic acids is 2. The first-order chi connectivity index (χ1) is 41.4. The molecule has 1 aromatic carbocycles. The van der Waals surface area contributed by atoms with Crippen molar-refractivity contribution in [2.24, 2.45) is 28.0 Å². The van der Waals surface area contributed by atoms with E-state index >= 15 is 0 Å². The fourth-order valence-electron chi connectivity index (χ4n) is 10.0. The minimum absolute atomic E-state index is 0.00214. The molecule has 478 valence electrons. The van der Waals surface area contributed by atoms with Crippen LogP contribution in [0.2, 0.25) is 0 Å². The largest absolute Gasteiger partial charge is 0.481 e. The van der Waals surface area contributed by atoms with Gasteiger partial charge in [0.2, 0.25) is 0 Å². The molecule has 17 heteroatoms. The third kappa shape index (κ3) is 38.7. The number of hydrogen-bond donors (Lipinski definition) is 2. The van der Waals surface area contributed by atoms with Gasteiger partial charge in [0.05, 0.1) is 81.0 Å². The molecule has 0 amide bonds. The van der Waals surface area contributed by atoms with E-state index < -0.39 is 47.0 Å². The molecule has 4 atom stereocenters. The van der Waals surface area contributed by atoms with Gasteiger partial charge in [0.1, 0.15) is 30.6 Å². The van der Waals surface area contributed by atoms with E-state index in [0.29, 0.717) is 35.9 Å². The number of carbonyl (C=O) groups is 4. The summed E-state index contributed by atoms with van der Waals surface area (Å²) >= 11 is 1.24. The van der Waals surface area contributed by atoms with Gasteiger partial charge in [-0.15, -0.1) is 0 Å². The van der Waals surface area contributed by atoms with E-state index in [1.807, 2.05) is 49.4 Å². The summed E-state index contributed by atoms with van der Waals surface area (Å²) in [4.78, 5) is 51.6. The number of benzene rings is 1. The van der Waals surface area contributed by atoms with Crippen LogP contribution in [0, 0.1) is 47.3 Å². The van der Waals surface area contributed by atoms with Gasteiger partial charge in [0.25, 0.3) is 0 Å². The van der Waals surface area contributed by atoms with Gasteiger partial charge in [-0.3, -0.25) is 19.2 Å². The molecule has 0 spiro atoms. The lowest BCUT2D eigenvalue weighted by Gasteiger charge is -2.25. The standard InChI is InChI=1S/C68H109N5O11S/c1-5-7-9-11-13-15-17-19-21-23-25-27-29-31-33-35-37-58(67(76)77)52-64(74)83-49-47-81-44-42-73(60-39-40-62(56(3)51-60)71-72-66-61(54-69)57(4)63(55-70)85-66)41-43-80-45-46-82-48-50-84-65(75)53-59(68(78)79)38-36-34-32-30-28-26-24-22-20-18-16-14-12-10-8-6-2/h33-36,39-40,51,58-59,61,66H,5-32,37-38,41-50,52-53H2,1-4H3,(H,76,77)(H,78,79)/b35-33+,36-34+,72-71+. The van der Waals surface area contributed by atoms with Crippen LogP contribution in [0.5, 0.6) is 0 Å². The SMILES string of the molecule is CCCCCCCCCCCCCCC/C=C/CC(CC(=O)OCCOCCOCCN(CCOCCOC(=O)CC(C/C=C/CCCCCCCCCCCCCCC)C(=O)O)c1ccc(/N=N/C2SC(C#N)=C(C)C2C#N)c(C)c1)C(=O)O. The molecule has 16 nitrogen and oxygen atoms in total. The Bertz CT molecular complexity index is 2170. The smallest absolute Gasteiger partial charge is 0.307 e. The van der Waals surface area contributed by atoms with Crippen molar-refractivity contribution in [2.45, 2.75) is 239 Å². The van der Waals surface area contributed by atoms with Crippen molar-refractivity contribution < 1.29 is 53.1 Å². The van der Waals surface area contributed by atoms with E-state index in [1.54, 1.807) is 6.92 Å². The zero-order chi connectivity index (χ0) is 61.8. The van der Waals surface area contributed by atoms with Crippen molar-refractivity contribution in [1.29, 1.82) is 10.5 Å². The van der Waals surface area contributed by atoms with Crippen molar-refractivity contribution in [1.82, 2.24) is 0 Å². The van der Waals surface area contributed by atoms with Gasteiger partial charge in [-0.1, -0.05) is 204 Å². The number of carboxylic acid groups (broad SMARTS) is 2. The molecule has 0 saturated carbocycles. The lowest BCUT2D eigenvalue weighted by Crippen LogP contribution is -2.31. The van der Waals surface area contributed by atoms with Crippen LogP contribution in [0.3, 0.4) is 0 Å². The number of thioether (sulfide) groups is 1. The number of nitriles is 2. The van der Waals surface area contributed by atoms with E-state index in [0.717, 1.165) is 36.9 Å². The Balaban J connectivity index is 1.74. The highest BCUT2D eigenvalue weighted by Gasteiger charge is 2.34. The van der Waals surface area contributed by atoms with Crippen LogP contribution in [0.15, 0.2) is 63.2 Å². The number of ether oxygens (including phenoxy) is 5. The zero-order valence-electron chi connectivity index (χ0n) is 52.8. The lowest BCUT2D eigenvalue weighted by atomic mass is 10.0. The average Bonchev–Trinajstić information content (AvgIpc) is 4.06. The summed E-state index contributed by atoms with van der Waals surface area (Å²) in [6.45, 7) is 10.5. The molecule has 4 unspecified atom stereocenters. The van der Waals surface area contributed by atoms with Crippen LogP contribution in [-0.2, 0) is 42.9 Å². The van der Waals surface area contributed by atoms with Gasteiger partial charge >= 0.3 is 23.9 Å². The lowest BCUT2D eigenvalue weighted by molar-refractivity contribution is -0.152. The number of carboxylic acids is 2. The van der Waals surface area contributed by atoms with E-state index in [9.17, 15) is 39.9 Å². The Kier molecular flexibility index (Phi) is 46.6. The maximum atomic E-state index is 12.7. The van der Waals surface area contributed by atoms with Gasteiger partial charge in [0, 0.05) is 18.8 Å². The van der Waals surface area contributed by atoms with Crippen LogP contribution < -0.4 is 4.90 Å². The summed E-state index contributed by atoms with van der Waals surface area (Å²) in [7, 11) is 0. The number of nitrogens with zero attached hydrogens (tertiary/aromatic N) is 5. The molecule has 1 heterocycles. The molecule has 85 heavy (non-hydrogen) atoms. The molecule has 1 aromatic rings. The molecule has 0 bridgehead atoms. The molecule has 0 radical (unpaired) electrons. The van der Waals surface area contributed by atoms with Crippen molar-refractivity contribution in [3.05, 3.63) is 58.5 Å². The van der Waals surface area contributed by atoms with Crippen LogP contribution in [0.4, 0.5) is 11.4 Å². The predicted octanol–water partition coefficient (Wildman–Crippen LogP) is 17.1. The summed E-state index contributed by atoms with van der Waals surface area (Å²) in [6, 6.07) is 10.1. The number of esters is 2. The van der Waals surface area contributed by atoms with Crippen LogP contribution >= 0.6 is 11.8 Å². The second kappa shape index (κ2) is 52.1. The van der Waals surface area contributed by atoms with Gasteiger partial charge in [-0.25, -0.2) is 0 Å². The highest BCUT2D eigenvalue weighted by atomic mass is 32.2. The quantitative estimate of drug-likeness (QED) is 0.0267. The summed E-state index contributed by atoms with van der Waals surface area (Å²) in [6.07, 6.45) is 43.4. The fourth-order valence-corrected chi connectivity index (χ4v) is 11.1. The summed E-state index contributed by atoms with van der Waals surface area (Å²) < 4.78 is 28.1. The minimum atomic E-state index is -1.03. The van der Waals surface area contributed by atoms with Crippen molar-refractivity contribution in [2.75, 3.05) is 70.8 Å². The summed E-state index contributed by atoms with van der Waals surface area (Å²) in [5, 5.41) is 47.1. The Morgan fingerprint density at radius 3 is 1.36 bits per heavy atom. The Morgan fingerprint density at radius 2 is 0.976 bits per heavy atom. The van der Waals surface area contributed by atoms with Gasteiger partial charge in [-0.2, -0.15) is 20.8 Å². The number of carbonyl (C=O) groups excluding carboxylic acids is 2. The zero-order valence-corrected chi connectivity index (χ0v) is 53.6. The van der Waals surface area contributed by atoms with E-state index in [1.165, 1.54) is 166 Å². The molecular formula is C68H109N5O11S. The molecule has 1 aliphatic heterocycles. The van der Waals surface area contributed by atoms with Crippen LogP contribution in [-0.4, -0.2) is 105 Å². The molecule has 0 saturated heterocycles. The molecule has 0 aliphatic carbocycles. The van der Waals surface area contributed by atoms with Gasteiger partial charge < -0.3 is 38.8 Å². The highest BCUT2D eigenvalue weighted by Crippen LogP contribution is 2.43. The Morgan fingerprint density at radius 1 is 0.576 bits per heavy atom. The summed E-state index contributed by atoms with van der Waals surface area (Å²) in [5.74, 6) is -5.45. The molecule has 1 aliphatic rings. The molecule has 2 N–H and O–H groups in total. The molecule has 0 fully saturated rings. The Hall–Kier alpha value is -5.07. The molecule has 2 rings (SSSR count). The normalized spacial score (nSPS) is 15.0. The summed E-state index contributed by atoms with van der Waals surface area (Å²) in [5.41, 5.74) is 3.03. The number of hydrogen-bond acceptors (Lipinski definition) is 15. The number of anilines is 1. The van der Waals surface area contributed by atoms with Crippen molar-refractivity contribution >= 4 is 47.0 Å². The first-order valence-corrected chi connectivity index (χ1v) is 33.6. The van der Waals surface area contributed by atoms with E-state index in [-0.39, 0.29) is 71.9 Å². The highest BCUT2D eigenvalue weighted by molar-refractivity contribution is 8.04. The van der Waals surface area contributed by atoms with E-state index in [4.69, 9.17) is 23.7 Å². The second-order valence-corrected chi connectivity index (χ2v) is 23.8. The Labute approximate surface area is 516 Å². The number of azo groups is 1. The first-order valence-electron chi connectivity index (χ1n) is 32.7. The minimum Gasteiger partial charge on any atom is -0.481 e. The van der Waals surface area contributed by atoms with Gasteiger partial charge in [0.15, 0.2) is 0 Å². The van der Waals surface area contributed by atoms with Crippen molar-refractivity contribution in [3.63, 3.8) is 0 Å². The van der Waals surface area contributed by atoms with Gasteiger partial charge in [-0.05, 0) is 81.7 Å². The van der Waals surface area contributed by atoms with Crippen LogP contribution in [0.25, 0.3) is 0 Å². The monoisotopic (exact) mass is 1200 g/mol. The maximum absolute atomic E-state index is 12.7. The fraction of sp³-hybridized carbons (Fsp3) is 0.735. The number of aryl methyl sites for hydroxylation is 1. The molecular weight excluding hydrogens is 1090 g/mol. The van der Waals surface area contributed by atoms with E-state index in [2.05, 4.69) is 41.1 Å². The predicted molar refractivity (Wildman–Crippen MR) is 341 cm³/mol. The van der Waals surface area contributed by atoms with Crippen LogP contribution in [0.1, 0.15) is 232 Å². The number of unbranched alkanes of at least 4 members (excludes halogenated alkanes) is 26. The maximum Gasteiger partial charge on any atom is 0.307 e. The number of rotatable bonds is 56. The topological polar surface area (TPSA) is 230 Å². The second-order valence-electron chi connectivity index (χ2n) is 22.6. The molecule has 0 aromatic heterocycles. The first kappa shape index (κ1) is 76.0. The average molecular weight is 1200 g/mol. The van der Waals surface area contributed by atoms with Crippen molar-refractivity contribution in [3.8, 4) is 12.1 Å².